The molecule has 0 spiro atoms. The highest BCUT2D eigenvalue weighted by Gasteiger charge is 2.04. The van der Waals surface area contributed by atoms with Crippen LogP contribution in [0.25, 0.3) is 0 Å². The molecule has 0 aliphatic carbocycles. The number of benzene rings is 1. The van der Waals surface area contributed by atoms with E-state index in [1.807, 2.05) is 6.92 Å². The molecule has 1 unspecified atom stereocenters. The van der Waals surface area contributed by atoms with Crippen molar-refractivity contribution < 1.29 is 4.74 Å². The molecule has 1 rings (SSSR count). The highest BCUT2D eigenvalue weighted by atomic mass is 127. The summed E-state index contributed by atoms with van der Waals surface area (Å²) in [6.07, 6.45) is 0.916. The Labute approximate surface area is 145 Å². The summed E-state index contributed by atoms with van der Waals surface area (Å²) < 4.78 is 5.05. The summed E-state index contributed by atoms with van der Waals surface area (Å²) in [5.41, 5.74) is 11.2. The molecule has 4 nitrogen and oxygen atoms in total. The summed E-state index contributed by atoms with van der Waals surface area (Å²) in [5.74, 6) is 0.483. The van der Waals surface area contributed by atoms with Gasteiger partial charge in [0.15, 0.2) is 5.96 Å². The van der Waals surface area contributed by atoms with E-state index >= 15 is 0 Å². The third-order valence-corrected chi connectivity index (χ3v) is 3.30. The minimum absolute atomic E-state index is 0. The van der Waals surface area contributed by atoms with E-state index in [-0.39, 0.29) is 30.0 Å². The quantitative estimate of drug-likeness (QED) is 0.435. The van der Waals surface area contributed by atoms with Gasteiger partial charge in [0.2, 0.25) is 0 Å². The van der Waals surface area contributed by atoms with Crippen molar-refractivity contribution >= 4 is 29.9 Å². The number of nitrogens with two attached hydrogens (primary N) is 1. The molecule has 21 heavy (non-hydrogen) atoms. The van der Waals surface area contributed by atoms with Crippen LogP contribution in [0.1, 0.15) is 29.2 Å². The fraction of sp³-hybridized carbons (Fsp3) is 0.562. The predicted molar refractivity (Wildman–Crippen MR) is 101 cm³/mol. The number of aliphatic imine (C=N–C) groups is 1. The fourth-order valence-corrected chi connectivity index (χ4v) is 2.48. The number of aryl methyl sites for hydroxylation is 3. The van der Waals surface area contributed by atoms with Gasteiger partial charge >= 0.3 is 0 Å². The number of rotatable bonds is 6. The Balaban J connectivity index is 0.00000400. The summed E-state index contributed by atoms with van der Waals surface area (Å²) in [6, 6.07) is 4.61. The Morgan fingerprint density at radius 1 is 1.29 bits per heavy atom. The molecule has 5 heteroatoms. The van der Waals surface area contributed by atoms with Crippen molar-refractivity contribution in [2.24, 2.45) is 10.7 Å². The van der Waals surface area contributed by atoms with Crippen molar-refractivity contribution in [3.8, 4) is 0 Å². The van der Waals surface area contributed by atoms with Crippen LogP contribution in [0.15, 0.2) is 17.1 Å². The fourth-order valence-electron chi connectivity index (χ4n) is 2.48. The van der Waals surface area contributed by atoms with Crippen LogP contribution in [0.4, 0.5) is 0 Å². The van der Waals surface area contributed by atoms with Gasteiger partial charge in [-0.2, -0.15) is 0 Å². The van der Waals surface area contributed by atoms with Gasteiger partial charge in [0.1, 0.15) is 0 Å². The maximum Gasteiger partial charge on any atom is 0.188 e. The van der Waals surface area contributed by atoms with Gasteiger partial charge in [0.05, 0.1) is 6.61 Å². The molecule has 120 valence electrons. The molecule has 0 saturated carbocycles. The SMILES string of the molecule is COCC(C)NC(N)=NCCc1c(C)cc(C)cc1C.I. The number of hydrogen-bond donors (Lipinski definition) is 2. The monoisotopic (exact) mass is 405 g/mol. The topological polar surface area (TPSA) is 59.6 Å². The maximum absolute atomic E-state index is 5.85. The second-order valence-electron chi connectivity index (χ2n) is 5.39. The number of guanidine groups is 1. The van der Waals surface area contributed by atoms with Crippen LogP contribution in [-0.2, 0) is 11.2 Å². The van der Waals surface area contributed by atoms with E-state index in [1.54, 1.807) is 7.11 Å². The van der Waals surface area contributed by atoms with Gasteiger partial charge in [-0.3, -0.25) is 4.99 Å². The van der Waals surface area contributed by atoms with Crippen molar-refractivity contribution in [3.63, 3.8) is 0 Å². The van der Waals surface area contributed by atoms with Gasteiger partial charge < -0.3 is 15.8 Å². The number of nitrogens with zero attached hydrogens (tertiary/aromatic N) is 1. The zero-order valence-corrected chi connectivity index (χ0v) is 16.0. The van der Waals surface area contributed by atoms with Crippen molar-refractivity contribution in [1.82, 2.24) is 5.32 Å². The molecule has 1 atom stereocenters. The van der Waals surface area contributed by atoms with E-state index in [2.05, 4.69) is 43.2 Å². The first kappa shape index (κ1) is 20.2. The Hall–Kier alpha value is -0.820. The van der Waals surface area contributed by atoms with Crippen molar-refractivity contribution in [2.75, 3.05) is 20.3 Å². The molecule has 0 amide bonds. The normalized spacial score (nSPS) is 12.7. The molecule has 1 aromatic carbocycles. The van der Waals surface area contributed by atoms with Gasteiger partial charge in [0.25, 0.3) is 0 Å². The van der Waals surface area contributed by atoms with E-state index < -0.39 is 0 Å². The van der Waals surface area contributed by atoms with Gasteiger partial charge in [-0.25, -0.2) is 0 Å². The Bertz CT molecular complexity index is 452. The first-order chi connectivity index (χ1) is 9.43. The van der Waals surface area contributed by atoms with Crippen molar-refractivity contribution in [2.45, 2.75) is 40.2 Å². The molecule has 0 radical (unpaired) electrons. The van der Waals surface area contributed by atoms with Gasteiger partial charge in [0, 0.05) is 19.7 Å². The first-order valence-corrected chi connectivity index (χ1v) is 7.06. The second kappa shape index (κ2) is 10.00. The largest absolute Gasteiger partial charge is 0.383 e. The molecule has 0 aliphatic rings. The molecule has 0 aromatic heterocycles. The summed E-state index contributed by atoms with van der Waals surface area (Å²) in [4.78, 5) is 4.37. The van der Waals surface area contributed by atoms with E-state index in [9.17, 15) is 0 Å². The third-order valence-electron chi connectivity index (χ3n) is 3.30. The molecule has 0 aliphatic heterocycles. The second-order valence-corrected chi connectivity index (χ2v) is 5.39. The Morgan fingerprint density at radius 2 is 1.86 bits per heavy atom. The predicted octanol–water partition coefficient (Wildman–Crippen LogP) is 2.71. The van der Waals surface area contributed by atoms with Gasteiger partial charge in [-0.05, 0) is 50.8 Å². The van der Waals surface area contributed by atoms with Gasteiger partial charge in [-0.15, -0.1) is 24.0 Å². The van der Waals surface area contributed by atoms with Crippen LogP contribution in [-0.4, -0.2) is 32.3 Å². The van der Waals surface area contributed by atoms with Crippen molar-refractivity contribution in [3.05, 3.63) is 34.4 Å². The van der Waals surface area contributed by atoms with Crippen LogP contribution in [0.2, 0.25) is 0 Å². The van der Waals surface area contributed by atoms with Crippen LogP contribution >= 0.6 is 24.0 Å². The molecule has 0 fully saturated rings. The van der Waals surface area contributed by atoms with Crippen LogP contribution in [0.3, 0.4) is 0 Å². The summed E-state index contributed by atoms with van der Waals surface area (Å²) in [5, 5.41) is 3.11. The number of ether oxygens (including phenoxy) is 1. The van der Waals surface area contributed by atoms with E-state index in [1.165, 1.54) is 22.3 Å². The van der Waals surface area contributed by atoms with E-state index in [0.717, 1.165) is 6.42 Å². The molecular formula is C16H28IN3O. The van der Waals surface area contributed by atoms with Gasteiger partial charge in [-0.1, -0.05) is 17.7 Å². The van der Waals surface area contributed by atoms with Crippen LogP contribution in [0, 0.1) is 20.8 Å². The lowest BCUT2D eigenvalue weighted by molar-refractivity contribution is 0.179. The first-order valence-electron chi connectivity index (χ1n) is 7.06. The van der Waals surface area contributed by atoms with E-state index in [0.29, 0.717) is 19.1 Å². The molecule has 0 bridgehead atoms. The molecule has 0 heterocycles. The highest BCUT2D eigenvalue weighted by Crippen LogP contribution is 2.16. The number of hydrogen-bond acceptors (Lipinski definition) is 2. The number of nitrogens with one attached hydrogen (secondary N) is 1. The Kier molecular flexibility index (Phi) is 9.61. The van der Waals surface area contributed by atoms with Crippen LogP contribution < -0.4 is 11.1 Å². The lowest BCUT2D eigenvalue weighted by atomic mass is 9.97. The zero-order valence-electron chi connectivity index (χ0n) is 13.7. The third kappa shape index (κ3) is 7.13. The lowest BCUT2D eigenvalue weighted by Crippen LogP contribution is -2.40. The molecular weight excluding hydrogens is 377 g/mol. The van der Waals surface area contributed by atoms with Crippen molar-refractivity contribution in [1.29, 1.82) is 0 Å². The maximum atomic E-state index is 5.85. The highest BCUT2D eigenvalue weighted by molar-refractivity contribution is 14.0. The average Bonchev–Trinajstić information content (AvgIpc) is 2.32. The zero-order chi connectivity index (χ0) is 15.1. The smallest absolute Gasteiger partial charge is 0.188 e. The molecule has 0 saturated heterocycles. The average molecular weight is 405 g/mol. The molecule has 1 aromatic rings. The molecule has 3 N–H and O–H groups in total. The minimum atomic E-state index is 0. The summed E-state index contributed by atoms with van der Waals surface area (Å²) in [6.45, 7) is 9.76. The number of halogens is 1. The van der Waals surface area contributed by atoms with Crippen LogP contribution in [0.5, 0.6) is 0 Å². The summed E-state index contributed by atoms with van der Waals surface area (Å²) in [7, 11) is 1.68. The lowest BCUT2D eigenvalue weighted by Gasteiger charge is -2.13. The standard InChI is InChI=1S/C16H27N3O.HI/c1-11-8-12(2)15(13(3)9-11)6-7-18-16(17)19-14(4)10-20-5;/h8-9,14H,6-7,10H2,1-5H3,(H3,17,18,19);1H. The van der Waals surface area contributed by atoms with E-state index in [4.69, 9.17) is 10.5 Å². The number of methoxy groups -OCH3 is 1. The minimum Gasteiger partial charge on any atom is -0.383 e. The summed E-state index contributed by atoms with van der Waals surface area (Å²) >= 11 is 0. The Morgan fingerprint density at radius 3 is 2.38 bits per heavy atom.